The van der Waals surface area contributed by atoms with Crippen molar-refractivity contribution in [2.24, 2.45) is 0 Å². The molecule has 0 saturated carbocycles. The number of pyridine rings is 1. The SMILES string of the molecule is C[C@@H]1Cn2nc(-c3ccc4ccccc4c3)c(-c3ccncc3)c2CN1. The zero-order valence-electron chi connectivity index (χ0n) is 14.7. The van der Waals surface area contributed by atoms with E-state index >= 15 is 0 Å². The van der Waals surface area contributed by atoms with Gasteiger partial charge < -0.3 is 5.32 Å². The van der Waals surface area contributed by atoms with Gasteiger partial charge in [0.15, 0.2) is 0 Å². The van der Waals surface area contributed by atoms with Gasteiger partial charge in [0, 0.05) is 36.1 Å². The van der Waals surface area contributed by atoms with E-state index in [4.69, 9.17) is 5.10 Å². The minimum Gasteiger partial charge on any atom is -0.307 e. The molecule has 4 nitrogen and oxygen atoms in total. The second-order valence-electron chi connectivity index (χ2n) is 6.93. The van der Waals surface area contributed by atoms with Gasteiger partial charge in [0.05, 0.1) is 12.2 Å². The first-order valence-corrected chi connectivity index (χ1v) is 9.02. The number of nitrogens with zero attached hydrogens (tertiary/aromatic N) is 3. The second kappa shape index (κ2) is 6.07. The predicted molar refractivity (Wildman–Crippen MR) is 105 cm³/mol. The summed E-state index contributed by atoms with van der Waals surface area (Å²) in [7, 11) is 0. The predicted octanol–water partition coefficient (Wildman–Crippen LogP) is 4.26. The van der Waals surface area contributed by atoms with Crippen LogP contribution in [0.4, 0.5) is 0 Å². The van der Waals surface area contributed by atoms with Crippen LogP contribution in [0.3, 0.4) is 0 Å². The van der Waals surface area contributed by atoms with Crippen molar-refractivity contribution < 1.29 is 0 Å². The van der Waals surface area contributed by atoms with Gasteiger partial charge in [-0.2, -0.15) is 5.10 Å². The Morgan fingerprint density at radius 1 is 0.962 bits per heavy atom. The monoisotopic (exact) mass is 340 g/mol. The summed E-state index contributed by atoms with van der Waals surface area (Å²) < 4.78 is 2.17. The third-order valence-electron chi connectivity index (χ3n) is 5.11. The highest BCUT2D eigenvalue weighted by Gasteiger charge is 2.24. The minimum absolute atomic E-state index is 0.428. The summed E-state index contributed by atoms with van der Waals surface area (Å²) in [5.74, 6) is 0. The molecule has 2 aromatic heterocycles. The van der Waals surface area contributed by atoms with E-state index < -0.39 is 0 Å². The van der Waals surface area contributed by atoms with Crippen molar-refractivity contribution in [3.63, 3.8) is 0 Å². The Hall–Kier alpha value is -2.98. The normalized spacial score (nSPS) is 16.6. The van der Waals surface area contributed by atoms with Crippen LogP contribution in [0.2, 0.25) is 0 Å². The topological polar surface area (TPSA) is 42.7 Å². The molecule has 2 aromatic carbocycles. The molecule has 0 radical (unpaired) electrons. The Kier molecular flexibility index (Phi) is 3.57. The van der Waals surface area contributed by atoms with Crippen molar-refractivity contribution in [2.45, 2.75) is 26.1 Å². The quantitative estimate of drug-likeness (QED) is 0.593. The van der Waals surface area contributed by atoms with Gasteiger partial charge in [-0.1, -0.05) is 36.4 Å². The summed E-state index contributed by atoms with van der Waals surface area (Å²) in [6.07, 6.45) is 3.70. The zero-order valence-corrected chi connectivity index (χ0v) is 14.7. The maximum absolute atomic E-state index is 5.01. The molecule has 1 atom stereocenters. The highest BCUT2D eigenvalue weighted by Crippen LogP contribution is 2.36. The Balaban J connectivity index is 1.75. The van der Waals surface area contributed by atoms with E-state index in [1.807, 2.05) is 12.4 Å². The highest BCUT2D eigenvalue weighted by atomic mass is 15.3. The number of aromatic nitrogens is 3. The lowest BCUT2D eigenvalue weighted by atomic mass is 9.97. The number of rotatable bonds is 2. The third kappa shape index (κ3) is 2.50. The van der Waals surface area contributed by atoms with Crippen molar-refractivity contribution in [3.05, 3.63) is 72.7 Å². The standard InChI is InChI=1S/C22H20N4/c1-15-14-26-20(13-24-15)21(17-8-10-23-11-9-17)22(25-26)19-7-6-16-4-2-3-5-18(16)12-19/h2-12,15,24H,13-14H2,1H3/t15-/m1/s1. The lowest BCUT2D eigenvalue weighted by Crippen LogP contribution is -2.36. The van der Waals surface area contributed by atoms with Crippen LogP contribution >= 0.6 is 0 Å². The second-order valence-corrected chi connectivity index (χ2v) is 6.93. The van der Waals surface area contributed by atoms with Crippen molar-refractivity contribution in [3.8, 4) is 22.4 Å². The van der Waals surface area contributed by atoms with Crippen LogP contribution in [0.1, 0.15) is 12.6 Å². The summed E-state index contributed by atoms with van der Waals surface area (Å²) in [6, 6.07) is 19.6. The Labute approximate surface area is 152 Å². The van der Waals surface area contributed by atoms with Crippen molar-refractivity contribution >= 4 is 10.8 Å². The molecular formula is C22H20N4. The summed E-state index contributed by atoms with van der Waals surface area (Å²) in [6.45, 7) is 3.92. The molecule has 0 amide bonds. The molecule has 0 spiro atoms. The molecule has 26 heavy (non-hydrogen) atoms. The number of nitrogens with one attached hydrogen (secondary N) is 1. The number of benzene rings is 2. The van der Waals surface area contributed by atoms with Gasteiger partial charge in [0.2, 0.25) is 0 Å². The molecule has 1 aliphatic heterocycles. The molecule has 0 bridgehead atoms. The molecule has 3 heterocycles. The zero-order chi connectivity index (χ0) is 17.5. The van der Waals surface area contributed by atoms with E-state index in [0.717, 1.165) is 24.3 Å². The van der Waals surface area contributed by atoms with Crippen molar-refractivity contribution in [1.82, 2.24) is 20.1 Å². The number of hydrogen-bond donors (Lipinski definition) is 1. The molecular weight excluding hydrogens is 320 g/mol. The van der Waals surface area contributed by atoms with Crippen LogP contribution < -0.4 is 5.32 Å². The maximum atomic E-state index is 5.01. The van der Waals surface area contributed by atoms with Gasteiger partial charge in [-0.25, -0.2) is 0 Å². The maximum Gasteiger partial charge on any atom is 0.100 e. The van der Waals surface area contributed by atoms with E-state index in [-0.39, 0.29) is 0 Å². The molecule has 128 valence electrons. The van der Waals surface area contributed by atoms with Gasteiger partial charge in [0.1, 0.15) is 5.69 Å². The van der Waals surface area contributed by atoms with E-state index in [0.29, 0.717) is 6.04 Å². The molecule has 0 aliphatic carbocycles. The first-order valence-electron chi connectivity index (χ1n) is 9.02. The van der Waals surface area contributed by atoms with Crippen LogP contribution in [0, 0.1) is 0 Å². The average molecular weight is 340 g/mol. The molecule has 5 rings (SSSR count). The summed E-state index contributed by atoms with van der Waals surface area (Å²) in [5.41, 5.74) is 5.83. The van der Waals surface area contributed by atoms with Crippen LogP contribution in [-0.2, 0) is 13.1 Å². The largest absolute Gasteiger partial charge is 0.307 e. The van der Waals surface area contributed by atoms with Gasteiger partial charge in [0.25, 0.3) is 0 Å². The number of fused-ring (bicyclic) bond motifs is 2. The van der Waals surface area contributed by atoms with Gasteiger partial charge in [-0.05, 0) is 41.5 Å². The summed E-state index contributed by atoms with van der Waals surface area (Å²) in [5, 5.41) is 11.1. The van der Waals surface area contributed by atoms with Crippen LogP contribution in [0.15, 0.2) is 67.0 Å². The van der Waals surface area contributed by atoms with Crippen LogP contribution in [-0.4, -0.2) is 20.8 Å². The Bertz CT molecular complexity index is 1080. The van der Waals surface area contributed by atoms with E-state index in [2.05, 4.69) is 76.5 Å². The molecule has 1 aliphatic rings. The highest BCUT2D eigenvalue weighted by molar-refractivity contribution is 5.90. The van der Waals surface area contributed by atoms with Crippen LogP contribution in [0.25, 0.3) is 33.2 Å². The first kappa shape index (κ1) is 15.3. The molecule has 0 fully saturated rings. The fourth-order valence-electron chi connectivity index (χ4n) is 3.78. The fraction of sp³-hybridized carbons (Fsp3) is 0.182. The number of hydrogen-bond acceptors (Lipinski definition) is 3. The van der Waals surface area contributed by atoms with Gasteiger partial charge in [-0.3, -0.25) is 9.67 Å². The lowest BCUT2D eigenvalue weighted by Gasteiger charge is -2.22. The summed E-state index contributed by atoms with van der Waals surface area (Å²) in [4.78, 5) is 4.18. The Morgan fingerprint density at radius 3 is 2.62 bits per heavy atom. The van der Waals surface area contributed by atoms with Crippen molar-refractivity contribution in [1.29, 1.82) is 0 Å². The Morgan fingerprint density at radius 2 is 1.77 bits per heavy atom. The lowest BCUT2D eigenvalue weighted by molar-refractivity contribution is 0.390. The fourth-order valence-corrected chi connectivity index (χ4v) is 3.78. The molecule has 4 aromatic rings. The average Bonchev–Trinajstić information content (AvgIpc) is 3.06. The van der Waals surface area contributed by atoms with E-state index in [1.165, 1.54) is 27.6 Å². The minimum atomic E-state index is 0.428. The first-order chi connectivity index (χ1) is 12.8. The van der Waals surface area contributed by atoms with Gasteiger partial charge in [-0.15, -0.1) is 0 Å². The smallest absolute Gasteiger partial charge is 0.100 e. The van der Waals surface area contributed by atoms with E-state index in [9.17, 15) is 0 Å². The summed E-state index contributed by atoms with van der Waals surface area (Å²) >= 11 is 0. The van der Waals surface area contributed by atoms with Crippen molar-refractivity contribution in [2.75, 3.05) is 0 Å². The van der Waals surface area contributed by atoms with Gasteiger partial charge >= 0.3 is 0 Å². The molecule has 0 unspecified atom stereocenters. The third-order valence-corrected chi connectivity index (χ3v) is 5.11. The molecule has 0 saturated heterocycles. The van der Waals surface area contributed by atoms with E-state index in [1.54, 1.807) is 0 Å². The molecule has 4 heteroatoms. The molecule has 1 N–H and O–H groups in total. The van der Waals surface area contributed by atoms with Crippen LogP contribution in [0.5, 0.6) is 0 Å².